The fourth-order valence-electron chi connectivity index (χ4n) is 3.26. The van der Waals surface area contributed by atoms with Crippen molar-refractivity contribution in [1.82, 2.24) is 9.88 Å². The van der Waals surface area contributed by atoms with E-state index in [4.69, 9.17) is 0 Å². The van der Waals surface area contributed by atoms with E-state index in [1.165, 1.54) is 5.56 Å². The Balaban J connectivity index is 1.86. The van der Waals surface area contributed by atoms with Crippen LogP contribution < -0.4 is 5.32 Å². The molecule has 1 aliphatic rings. The van der Waals surface area contributed by atoms with Gasteiger partial charge in [0, 0.05) is 23.1 Å². The first-order chi connectivity index (χ1) is 11.3. The highest BCUT2D eigenvalue weighted by Gasteiger charge is 2.30. The molecule has 0 bridgehead atoms. The maximum absolute atomic E-state index is 12.6. The van der Waals surface area contributed by atoms with Crippen LogP contribution in [0.15, 0.2) is 30.3 Å². The van der Waals surface area contributed by atoms with Gasteiger partial charge in [-0.05, 0) is 45.4 Å². The molecule has 1 N–H and O–H groups in total. The molecule has 0 saturated carbocycles. The van der Waals surface area contributed by atoms with Crippen molar-refractivity contribution in [3.05, 3.63) is 52.8 Å². The number of nitrogens with one attached hydrogen (secondary N) is 1. The number of hydrogen-bond donors (Lipinski definition) is 1. The zero-order valence-electron chi connectivity index (χ0n) is 14.2. The van der Waals surface area contributed by atoms with Gasteiger partial charge in [0.25, 0.3) is 5.91 Å². The summed E-state index contributed by atoms with van der Waals surface area (Å²) in [6.45, 7) is 5.91. The lowest BCUT2D eigenvalue weighted by Gasteiger charge is -2.12. The van der Waals surface area contributed by atoms with Crippen molar-refractivity contribution >= 4 is 15.7 Å². The summed E-state index contributed by atoms with van der Waals surface area (Å²) in [5.74, 6) is -0.0148. The molecule has 0 spiro atoms. The number of rotatable bonds is 3. The van der Waals surface area contributed by atoms with Gasteiger partial charge < -0.3 is 9.88 Å². The molecular formula is C18H22N2O3S. The SMILES string of the molecule is Cc1ccc(-n2c(C)cc(C(=O)NC3CCS(=O)(=O)C3)c2C)cc1. The zero-order chi connectivity index (χ0) is 17.5. The second-order valence-electron chi connectivity index (χ2n) is 6.53. The number of nitrogens with zero attached hydrogens (tertiary/aromatic N) is 1. The van der Waals surface area contributed by atoms with Crippen molar-refractivity contribution in [1.29, 1.82) is 0 Å². The number of carbonyl (C=O) groups excluding carboxylic acids is 1. The number of aryl methyl sites for hydroxylation is 2. The molecule has 1 atom stereocenters. The summed E-state index contributed by atoms with van der Waals surface area (Å²) in [6.07, 6.45) is 0.491. The average Bonchev–Trinajstić information content (AvgIpc) is 2.99. The third-order valence-corrected chi connectivity index (χ3v) is 6.30. The first-order valence-corrected chi connectivity index (χ1v) is 9.86. The molecule has 0 aliphatic carbocycles. The van der Waals surface area contributed by atoms with E-state index in [0.717, 1.165) is 17.1 Å². The van der Waals surface area contributed by atoms with Gasteiger partial charge in [0.05, 0.1) is 17.1 Å². The van der Waals surface area contributed by atoms with Crippen molar-refractivity contribution in [2.45, 2.75) is 33.2 Å². The van der Waals surface area contributed by atoms with Crippen molar-refractivity contribution < 1.29 is 13.2 Å². The van der Waals surface area contributed by atoms with Gasteiger partial charge in [0.2, 0.25) is 0 Å². The lowest BCUT2D eigenvalue weighted by atomic mass is 10.2. The van der Waals surface area contributed by atoms with Gasteiger partial charge >= 0.3 is 0 Å². The maximum Gasteiger partial charge on any atom is 0.253 e. The van der Waals surface area contributed by atoms with E-state index in [0.29, 0.717) is 12.0 Å². The summed E-state index contributed by atoms with van der Waals surface area (Å²) in [5.41, 5.74) is 4.62. The highest BCUT2D eigenvalue weighted by atomic mass is 32.2. The molecule has 3 rings (SSSR count). The summed E-state index contributed by atoms with van der Waals surface area (Å²) in [7, 11) is -3.00. The summed E-state index contributed by atoms with van der Waals surface area (Å²) in [4.78, 5) is 12.6. The smallest absolute Gasteiger partial charge is 0.253 e. The zero-order valence-corrected chi connectivity index (χ0v) is 15.0. The number of benzene rings is 1. The topological polar surface area (TPSA) is 68.2 Å². The number of carbonyl (C=O) groups is 1. The van der Waals surface area contributed by atoms with Crippen LogP contribution in [0.5, 0.6) is 0 Å². The first kappa shape index (κ1) is 16.8. The van der Waals surface area contributed by atoms with E-state index in [2.05, 4.69) is 5.32 Å². The van der Waals surface area contributed by atoms with E-state index in [1.54, 1.807) is 0 Å². The number of amides is 1. The van der Waals surface area contributed by atoms with E-state index < -0.39 is 9.84 Å². The minimum Gasteiger partial charge on any atom is -0.348 e. The summed E-state index contributed by atoms with van der Waals surface area (Å²) in [5, 5.41) is 2.86. The summed E-state index contributed by atoms with van der Waals surface area (Å²) in [6, 6.07) is 9.70. The largest absolute Gasteiger partial charge is 0.348 e. The summed E-state index contributed by atoms with van der Waals surface area (Å²) < 4.78 is 25.1. The molecule has 1 saturated heterocycles. The Morgan fingerprint density at radius 1 is 1.17 bits per heavy atom. The van der Waals surface area contributed by atoms with Gasteiger partial charge in [-0.3, -0.25) is 4.79 Å². The lowest BCUT2D eigenvalue weighted by molar-refractivity contribution is 0.0940. The highest BCUT2D eigenvalue weighted by Crippen LogP contribution is 2.22. The standard InChI is InChI=1S/C18H22N2O3S/c1-12-4-6-16(7-5-12)20-13(2)10-17(14(20)3)18(21)19-15-8-9-24(22,23)11-15/h4-7,10,15H,8-9,11H2,1-3H3,(H,19,21). The van der Waals surface area contributed by atoms with Crippen molar-refractivity contribution in [2.75, 3.05) is 11.5 Å². The molecule has 1 unspecified atom stereocenters. The van der Waals surface area contributed by atoms with E-state index in [1.807, 2.05) is 55.7 Å². The first-order valence-electron chi connectivity index (χ1n) is 8.04. The molecule has 1 fully saturated rings. The Morgan fingerprint density at radius 2 is 1.83 bits per heavy atom. The van der Waals surface area contributed by atoms with Gasteiger partial charge in [-0.15, -0.1) is 0 Å². The second-order valence-corrected chi connectivity index (χ2v) is 8.76. The minimum absolute atomic E-state index is 0.0371. The van der Waals surface area contributed by atoms with Crippen LogP contribution in [0.3, 0.4) is 0 Å². The molecule has 128 valence electrons. The highest BCUT2D eigenvalue weighted by molar-refractivity contribution is 7.91. The van der Waals surface area contributed by atoms with Crippen molar-refractivity contribution in [2.24, 2.45) is 0 Å². The van der Waals surface area contributed by atoms with Crippen LogP contribution in [-0.2, 0) is 9.84 Å². The third-order valence-electron chi connectivity index (χ3n) is 4.54. The molecule has 1 aromatic carbocycles. The third kappa shape index (κ3) is 3.24. The number of sulfone groups is 1. The quantitative estimate of drug-likeness (QED) is 0.927. The predicted molar refractivity (Wildman–Crippen MR) is 94.5 cm³/mol. The Morgan fingerprint density at radius 3 is 2.42 bits per heavy atom. The van der Waals surface area contributed by atoms with Crippen molar-refractivity contribution in [3.63, 3.8) is 0 Å². The van der Waals surface area contributed by atoms with Crippen LogP contribution in [-0.4, -0.2) is 36.4 Å². The molecular weight excluding hydrogens is 324 g/mol. The van der Waals surface area contributed by atoms with Crippen LogP contribution in [0.2, 0.25) is 0 Å². The molecule has 24 heavy (non-hydrogen) atoms. The van der Waals surface area contributed by atoms with Crippen molar-refractivity contribution in [3.8, 4) is 5.69 Å². The molecule has 0 radical (unpaired) electrons. The number of aromatic nitrogens is 1. The monoisotopic (exact) mass is 346 g/mol. The van der Waals surface area contributed by atoms with Gasteiger partial charge in [-0.1, -0.05) is 17.7 Å². The molecule has 6 heteroatoms. The van der Waals surface area contributed by atoms with E-state index in [-0.39, 0.29) is 23.5 Å². The Bertz CT molecular complexity index is 880. The molecule has 2 heterocycles. The second kappa shape index (κ2) is 6.09. The molecule has 1 aromatic heterocycles. The molecule has 1 aliphatic heterocycles. The lowest BCUT2D eigenvalue weighted by Crippen LogP contribution is -2.35. The minimum atomic E-state index is -3.00. The fraction of sp³-hybridized carbons (Fsp3) is 0.389. The van der Waals surface area contributed by atoms with Crippen LogP contribution >= 0.6 is 0 Å². The molecule has 2 aromatic rings. The van der Waals surface area contributed by atoms with Gasteiger partial charge in [0.1, 0.15) is 0 Å². The fourth-order valence-corrected chi connectivity index (χ4v) is 4.93. The van der Waals surface area contributed by atoms with Crippen LogP contribution in [0.1, 0.15) is 33.7 Å². The van der Waals surface area contributed by atoms with Gasteiger partial charge in [0.15, 0.2) is 9.84 Å². The Hall–Kier alpha value is -2.08. The summed E-state index contributed by atoms with van der Waals surface area (Å²) >= 11 is 0. The predicted octanol–water partition coefficient (Wildman–Crippen LogP) is 2.32. The molecule has 5 nitrogen and oxygen atoms in total. The van der Waals surface area contributed by atoms with E-state index in [9.17, 15) is 13.2 Å². The maximum atomic E-state index is 12.6. The molecule has 1 amide bonds. The van der Waals surface area contributed by atoms with Crippen LogP contribution in [0, 0.1) is 20.8 Å². The number of hydrogen-bond acceptors (Lipinski definition) is 3. The average molecular weight is 346 g/mol. The van der Waals surface area contributed by atoms with E-state index >= 15 is 0 Å². The van der Waals surface area contributed by atoms with Gasteiger partial charge in [-0.2, -0.15) is 0 Å². The Labute approximate surface area is 142 Å². The van der Waals surface area contributed by atoms with Gasteiger partial charge in [-0.25, -0.2) is 8.42 Å². The van der Waals surface area contributed by atoms with Crippen LogP contribution in [0.4, 0.5) is 0 Å². The normalized spacial score (nSPS) is 19.4. The Kier molecular flexibility index (Phi) is 4.25. The van der Waals surface area contributed by atoms with Crippen LogP contribution in [0.25, 0.3) is 5.69 Å².